The Labute approximate surface area is 117 Å². The highest BCUT2D eigenvalue weighted by molar-refractivity contribution is 6.36. The van der Waals surface area contributed by atoms with E-state index in [0.29, 0.717) is 17.3 Å². The highest BCUT2D eigenvalue weighted by Crippen LogP contribution is 2.33. The average molecular weight is 306 g/mol. The van der Waals surface area contributed by atoms with Gasteiger partial charge in [-0.2, -0.15) is 18.3 Å². The zero-order chi connectivity index (χ0) is 15.1. The van der Waals surface area contributed by atoms with E-state index in [1.165, 1.54) is 4.68 Å². The van der Waals surface area contributed by atoms with E-state index in [9.17, 15) is 18.0 Å². The molecule has 108 valence electrons. The minimum absolute atomic E-state index is 0.190. The Hall–Kier alpha value is -1.76. The van der Waals surface area contributed by atoms with Crippen LogP contribution in [0.3, 0.4) is 0 Å². The number of aromatic nitrogens is 2. The van der Waals surface area contributed by atoms with Crippen molar-refractivity contribution in [1.82, 2.24) is 9.78 Å². The number of nitrogens with one attached hydrogen (secondary N) is 1. The fourth-order valence-corrected chi connectivity index (χ4v) is 2.25. The molecule has 0 aliphatic rings. The van der Waals surface area contributed by atoms with E-state index < -0.39 is 12.1 Å². The van der Waals surface area contributed by atoms with Crippen molar-refractivity contribution in [1.29, 1.82) is 0 Å². The number of amides is 1. The first-order valence-electron chi connectivity index (χ1n) is 5.78. The van der Waals surface area contributed by atoms with E-state index in [2.05, 4.69) is 5.10 Å². The second-order valence-electron chi connectivity index (χ2n) is 4.21. The van der Waals surface area contributed by atoms with Crippen LogP contribution in [0.15, 0.2) is 12.1 Å². The van der Waals surface area contributed by atoms with Crippen molar-refractivity contribution >= 4 is 34.2 Å². The lowest BCUT2D eigenvalue weighted by Gasteiger charge is -2.06. The largest absolute Gasteiger partial charge is 0.471 e. The quantitative estimate of drug-likeness (QED) is 0.925. The monoisotopic (exact) mass is 305 g/mol. The fraction of sp³-hybridized carbons (Fsp3) is 0.333. The molecular weight excluding hydrogens is 295 g/mol. The van der Waals surface area contributed by atoms with Gasteiger partial charge >= 0.3 is 12.1 Å². The average Bonchev–Trinajstić information content (AvgIpc) is 2.67. The maximum absolute atomic E-state index is 12.3. The third-order valence-corrected chi connectivity index (χ3v) is 3.21. The van der Waals surface area contributed by atoms with Crippen molar-refractivity contribution < 1.29 is 18.0 Å². The summed E-state index contributed by atoms with van der Waals surface area (Å²) in [6.07, 6.45) is -4.31. The molecule has 0 aliphatic heterocycles. The Kier molecular flexibility index (Phi) is 3.64. The lowest BCUT2D eigenvalue weighted by molar-refractivity contribution is -0.167. The minimum atomic E-state index is -4.97. The van der Waals surface area contributed by atoms with E-state index in [0.717, 1.165) is 5.56 Å². The van der Waals surface area contributed by atoms with E-state index in [1.54, 1.807) is 24.5 Å². The molecule has 1 aromatic heterocycles. The van der Waals surface area contributed by atoms with Crippen LogP contribution in [-0.4, -0.2) is 21.9 Å². The van der Waals surface area contributed by atoms with Crippen molar-refractivity contribution in [3.63, 3.8) is 0 Å². The van der Waals surface area contributed by atoms with Gasteiger partial charge in [-0.15, -0.1) is 0 Å². The van der Waals surface area contributed by atoms with Crippen LogP contribution >= 0.6 is 11.6 Å². The van der Waals surface area contributed by atoms with Crippen LogP contribution < -0.4 is 5.32 Å². The zero-order valence-electron chi connectivity index (χ0n) is 10.7. The summed E-state index contributed by atoms with van der Waals surface area (Å²) in [6.45, 7) is 1.91. The standard InChI is InChI=1S/C12H11ClF3N3O/c1-3-6-4-5-7(13)8-9(6)19(2)18-10(8)17-11(20)12(14,15)16/h4-5H,3H2,1-2H3,(H,17,18,20). The molecule has 8 heteroatoms. The molecule has 1 aromatic carbocycles. The third-order valence-electron chi connectivity index (χ3n) is 2.89. The highest BCUT2D eigenvalue weighted by Gasteiger charge is 2.39. The molecule has 0 saturated heterocycles. The van der Waals surface area contributed by atoms with Crippen LogP contribution in [0.2, 0.25) is 5.02 Å². The van der Waals surface area contributed by atoms with Crippen LogP contribution in [-0.2, 0) is 18.3 Å². The van der Waals surface area contributed by atoms with Crippen molar-refractivity contribution in [3.8, 4) is 0 Å². The smallest absolute Gasteiger partial charge is 0.301 e. The summed E-state index contributed by atoms with van der Waals surface area (Å²) in [4.78, 5) is 11.0. The molecular formula is C12H11ClF3N3O. The molecule has 0 atom stereocenters. The predicted octanol–water partition coefficient (Wildman–Crippen LogP) is 3.29. The molecule has 1 N–H and O–H groups in total. The molecule has 0 spiro atoms. The van der Waals surface area contributed by atoms with Gasteiger partial charge in [-0.05, 0) is 18.1 Å². The van der Waals surface area contributed by atoms with E-state index in [4.69, 9.17) is 11.6 Å². The number of rotatable bonds is 2. The summed E-state index contributed by atoms with van der Waals surface area (Å²) >= 11 is 6.02. The number of hydrogen-bond donors (Lipinski definition) is 1. The third kappa shape index (κ3) is 2.45. The van der Waals surface area contributed by atoms with Crippen LogP contribution in [0.4, 0.5) is 19.0 Å². The van der Waals surface area contributed by atoms with Gasteiger partial charge in [0.2, 0.25) is 0 Å². The summed E-state index contributed by atoms with van der Waals surface area (Å²) in [6, 6.07) is 3.36. The first-order valence-corrected chi connectivity index (χ1v) is 6.15. The van der Waals surface area contributed by atoms with Gasteiger partial charge in [-0.3, -0.25) is 9.48 Å². The second-order valence-corrected chi connectivity index (χ2v) is 4.61. The number of carbonyl (C=O) groups excluding carboxylic acids is 1. The maximum atomic E-state index is 12.3. The SMILES string of the molecule is CCc1ccc(Cl)c2c(NC(=O)C(F)(F)F)nn(C)c12. The molecule has 0 bridgehead atoms. The number of nitrogens with zero attached hydrogens (tertiary/aromatic N) is 2. The Morgan fingerprint density at radius 3 is 2.65 bits per heavy atom. The van der Waals surface area contributed by atoms with Gasteiger partial charge in [0.15, 0.2) is 5.82 Å². The van der Waals surface area contributed by atoms with Gasteiger partial charge in [0.25, 0.3) is 0 Å². The Morgan fingerprint density at radius 1 is 1.45 bits per heavy atom. The summed E-state index contributed by atoms with van der Waals surface area (Å²) < 4.78 is 38.3. The normalized spacial score (nSPS) is 11.9. The highest BCUT2D eigenvalue weighted by atomic mass is 35.5. The summed E-state index contributed by atoms with van der Waals surface area (Å²) in [5, 5.41) is 6.22. The van der Waals surface area contributed by atoms with Crippen LogP contribution in [0.1, 0.15) is 12.5 Å². The second kappa shape index (κ2) is 4.97. The maximum Gasteiger partial charge on any atom is 0.471 e. The topological polar surface area (TPSA) is 46.9 Å². The summed E-state index contributed by atoms with van der Waals surface area (Å²) in [5.74, 6) is -2.26. The van der Waals surface area contributed by atoms with Gasteiger partial charge in [0, 0.05) is 7.05 Å². The Bertz CT molecular complexity index is 679. The Balaban J connectivity index is 2.59. The number of fused-ring (bicyclic) bond motifs is 1. The minimum Gasteiger partial charge on any atom is -0.301 e. The van der Waals surface area contributed by atoms with E-state index >= 15 is 0 Å². The molecule has 0 saturated carbocycles. The molecule has 1 amide bonds. The van der Waals surface area contributed by atoms with Crippen molar-refractivity contribution in [2.45, 2.75) is 19.5 Å². The molecule has 0 aliphatic carbocycles. The fourth-order valence-electron chi connectivity index (χ4n) is 2.01. The first kappa shape index (κ1) is 14.6. The number of aryl methyl sites for hydroxylation is 2. The molecule has 20 heavy (non-hydrogen) atoms. The zero-order valence-corrected chi connectivity index (χ0v) is 11.4. The lowest BCUT2D eigenvalue weighted by atomic mass is 10.1. The van der Waals surface area contributed by atoms with Gasteiger partial charge < -0.3 is 5.32 Å². The van der Waals surface area contributed by atoms with Crippen molar-refractivity contribution in [3.05, 3.63) is 22.7 Å². The first-order chi connectivity index (χ1) is 9.25. The Morgan fingerprint density at radius 2 is 2.10 bits per heavy atom. The molecule has 2 rings (SSSR count). The molecule has 1 heterocycles. The number of anilines is 1. The molecule has 0 unspecified atom stereocenters. The van der Waals surface area contributed by atoms with Crippen molar-refractivity contribution in [2.75, 3.05) is 5.32 Å². The molecule has 0 radical (unpaired) electrons. The molecule has 0 fully saturated rings. The lowest BCUT2D eigenvalue weighted by Crippen LogP contribution is -2.30. The van der Waals surface area contributed by atoms with Gasteiger partial charge in [0.1, 0.15) is 0 Å². The van der Waals surface area contributed by atoms with Gasteiger partial charge in [-0.25, -0.2) is 0 Å². The van der Waals surface area contributed by atoms with Crippen LogP contribution in [0, 0.1) is 0 Å². The summed E-state index contributed by atoms with van der Waals surface area (Å²) in [7, 11) is 1.58. The number of halogens is 4. The summed E-state index contributed by atoms with van der Waals surface area (Å²) in [5.41, 5.74) is 1.49. The van der Waals surface area contributed by atoms with Gasteiger partial charge in [0.05, 0.1) is 15.9 Å². The van der Waals surface area contributed by atoms with Gasteiger partial charge in [-0.1, -0.05) is 24.6 Å². The van der Waals surface area contributed by atoms with E-state index in [1.807, 2.05) is 6.92 Å². The molecule has 2 aromatic rings. The number of benzene rings is 1. The van der Waals surface area contributed by atoms with Crippen LogP contribution in [0.25, 0.3) is 10.9 Å². The van der Waals surface area contributed by atoms with Crippen LogP contribution in [0.5, 0.6) is 0 Å². The predicted molar refractivity (Wildman–Crippen MR) is 69.8 cm³/mol. The number of alkyl halides is 3. The van der Waals surface area contributed by atoms with Crippen molar-refractivity contribution in [2.24, 2.45) is 7.05 Å². The number of hydrogen-bond acceptors (Lipinski definition) is 2. The molecule has 4 nitrogen and oxygen atoms in total. The van der Waals surface area contributed by atoms with E-state index in [-0.39, 0.29) is 10.8 Å². The number of carbonyl (C=O) groups is 1.